The molecule has 0 heterocycles. The Morgan fingerprint density at radius 2 is 2.35 bits per heavy atom. The van der Waals surface area contributed by atoms with E-state index in [2.05, 4.69) is 11.4 Å². The Labute approximate surface area is 116 Å². The highest BCUT2D eigenvalue weighted by Gasteiger charge is 2.19. The number of para-hydroxylation sites is 1. The molecule has 0 spiro atoms. The van der Waals surface area contributed by atoms with E-state index in [0.717, 1.165) is 12.5 Å². The summed E-state index contributed by atoms with van der Waals surface area (Å²) >= 11 is 0. The van der Waals surface area contributed by atoms with Gasteiger partial charge in [0.05, 0.1) is 23.6 Å². The van der Waals surface area contributed by atoms with Gasteiger partial charge < -0.3 is 10.1 Å². The highest BCUT2D eigenvalue weighted by Crippen LogP contribution is 2.29. The zero-order chi connectivity index (χ0) is 15.0. The maximum Gasteiger partial charge on any atom is 0.314 e. The topological polar surface area (TPSA) is 88.2 Å². The SMILES string of the molecule is CCCNC(C#N)CCOc1c(F)cccc1[N+](=O)[O-]. The molecule has 0 aliphatic heterocycles. The van der Waals surface area contributed by atoms with Crippen LogP contribution in [0.5, 0.6) is 5.75 Å². The summed E-state index contributed by atoms with van der Waals surface area (Å²) in [6.45, 7) is 2.69. The van der Waals surface area contributed by atoms with Gasteiger partial charge in [-0.25, -0.2) is 4.39 Å². The fourth-order valence-electron chi connectivity index (χ4n) is 1.59. The number of hydrogen-bond donors (Lipinski definition) is 1. The van der Waals surface area contributed by atoms with E-state index in [1.165, 1.54) is 12.1 Å². The maximum atomic E-state index is 13.5. The van der Waals surface area contributed by atoms with Crippen LogP contribution in [-0.2, 0) is 0 Å². The maximum absolute atomic E-state index is 13.5. The number of nitriles is 1. The van der Waals surface area contributed by atoms with Gasteiger partial charge in [-0.05, 0) is 19.0 Å². The smallest absolute Gasteiger partial charge is 0.314 e. The van der Waals surface area contributed by atoms with Crippen LogP contribution in [0.15, 0.2) is 18.2 Å². The van der Waals surface area contributed by atoms with Crippen LogP contribution in [0.1, 0.15) is 19.8 Å². The molecule has 0 aromatic heterocycles. The van der Waals surface area contributed by atoms with Crippen molar-refractivity contribution >= 4 is 5.69 Å². The summed E-state index contributed by atoms with van der Waals surface area (Å²) in [4.78, 5) is 10.1. The van der Waals surface area contributed by atoms with Crippen LogP contribution in [0, 0.1) is 27.3 Å². The number of halogens is 1. The lowest BCUT2D eigenvalue weighted by Crippen LogP contribution is -2.29. The van der Waals surface area contributed by atoms with Crippen molar-refractivity contribution in [3.05, 3.63) is 34.1 Å². The third-order valence-corrected chi connectivity index (χ3v) is 2.59. The molecule has 1 aromatic rings. The predicted molar refractivity (Wildman–Crippen MR) is 70.9 cm³/mol. The standard InChI is InChI=1S/C13H16FN3O3/c1-2-7-16-10(9-15)6-8-20-13-11(14)4-3-5-12(13)17(18)19/h3-5,10,16H,2,6-8H2,1H3. The first-order chi connectivity index (χ1) is 9.60. The number of nitrogens with one attached hydrogen (secondary N) is 1. The van der Waals surface area contributed by atoms with E-state index in [1.54, 1.807) is 0 Å². The number of rotatable bonds is 8. The molecule has 1 aromatic carbocycles. The molecule has 0 saturated carbocycles. The van der Waals surface area contributed by atoms with Gasteiger partial charge in [-0.3, -0.25) is 10.1 Å². The summed E-state index contributed by atoms with van der Waals surface area (Å²) in [5.41, 5.74) is -0.417. The average Bonchev–Trinajstić information content (AvgIpc) is 2.43. The zero-order valence-electron chi connectivity index (χ0n) is 11.1. The first-order valence-corrected chi connectivity index (χ1v) is 6.28. The number of nitro groups is 1. The lowest BCUT2D eigenvalue weighted by atomic mass is 10.2. The zero-order valence-corrected chi connectivity index (χ0v) is 11.1. The van der Waals surface area contributed by atoms with Crippen LogP contribution < -0.4 is 10.1 Å². The van der Waals surface area contributed by atoms with Gasteiger partial charge in [-0.1, -0.05) is 13.0 Å². The quantitative estimate of drug-likeness (QED) is 0.584. The van der Waals surface area contributed by atoms with Crippen molar-refractivity contribution in [2.24, 2.45) is 0 Å². The summed E-state index contributed by atoms with van der Waals surface area (Å²) in [6.07, 6.45) is 1.21. The Kier molecular flexibility index (Phi) is 6.40. The Morgan fingerprint density at radius 1 is 1.60 bits per heavy atom. The average molecular weight is 281 g/mol. The Bertz CT molecular complexity index is 502. The largest absolute Gasteiger partial charge is 0.485 e. The number of ether oxygens (including phenoxy) is 1. The molecule has 1 rings (SSSR count). The minimum absolute atomic E-state index is 0.0245. The van der Waals surface area contributed by atoms with E-state index >= 15 is 0 Å². The molecule has 20 heavy (non-hydrogen) atoms. The number of benzene rings is 1. The van der Waals surface area contributed by atoms with Crippen LogP contribution in [0.2, 0.25) is 0 Å². The fraction of sp³-hybridized carbons (Fsp3) is 0.462. The molecule has 0 aliphatic rings. The second kappa shape index (κ2) is 8.07. The van der Waals surface area contributed by atoms with Gasteiger partial charge in [-0.2, -0.15) is 5.26 Å². The Morgan fingerprint density at radius 3 is 2.95 bits per heavy atom. The highest BCUT2D eigenvalue weighted by molar-refractivity contribution is 5.46. The second-order valence-corrected chi connectivity index (χ2v) is 4.12. The van der Waals surface area contributed by atoms with Crippen molar-refractivity contribution < 1.29 is 14.1 Å². The first kappa shape index (κ1) is 15.9. The van der Waals surface area contributed by atoms with Crippen molar-refractivity contribution in [1.82, 2.24) is 5.32 Å². The van der Waals surface area contributed by atoms with Gasteiger partial charge >= 0.3 is 5.69 Å². The molecule has 0 saturated heterocycles. The van der Waals surface area contributed by atoms with Crippen molar-refractivity contribution in [3.63, 3.8) is 0 Å². The van der Waals surface area contributed by atoms with E-state index in [9.17, 15) is 14.5 Å². The van der Waals surface area contributed by atoms with Gasteiger partial charge in [0.1, 0.15) is 0 Å². The molecule has 0 bridgehead atoms. The van der Waals surface area contributed by atoms with E-state index < -0.39 is 22.5 Å². The van der Waals surface area contributed by atoms with Gasteiger partial charge in [0, 0.05) is 12.5 Å². The predicted octanol–water partition coefficient (Wildman–Crippen LogP) is 2.39. The van der Waals surface area contributed by atoms with E-state index in [0.29, 0.717) is 13.0 Å². The minimum Gasteiger partial charge on any atom is -0.485 e. The van der Waals surface area contributed by atoms with Crippen molar-refractivity contribution in [2.45, 2.75) is 25.8 Å². The summed E-state index contributed by atoms with van der Waals surface area (Å²) in [5.74, 6) is -1.17. The molecule has 0 aliphatic carbocycles. The molecule has 7 heteroatoms. The van der Waals surface area contributed by atoms with E-state index in [1.807, 2.05) is 6.92 Å². The lowest BCUT2D eigenvalue weighted by Gasteiger charge is -2.12. The van der Waals surface area contributed by atoms with Crippen molar-refractivity contribution in [2.75, 3.05) is 13.2 Å². The van der Waals surface area contributed by atoms with Crippen molar-refractivity contribution in [1.29, 1.82) is 5.26 Å². The molecule has 0 amide bonds. The number of nitrogens with zero attached hydrogens (tertiary/aromatic N) is 2. The van der Waals surface area contributed by atoms with Crippen LogP contribution in [0.25, 0.3) is 0 Å². The highest BCUT2D eigenvalue weighted by atomic mass is 19.1. The van der Waals surface area contributed by atoms with Gasteiger partial charge in [-0.15, -0.1) is 0 Å². The van der Waals surface area contributed by atoms with Gasteiger partial charge in [0.25, 0.3) is 0 Å². The molecule has 1 unspecified atom stereocenters. The summed E-state index contributed by atoms with van der Waals surface area (Å²) < 4.78 is 18.6. The monoisotopic (exact) mass is 281 g/mol. The third-order valence-electron chi connectivity index (χ3n) is 2.59. The number of hydrogen-bond acceptors (Lipinski definition) is 5. The molecule has 0 fully saturated rings. The summed E-state index contributed by atoms with van der Waals surface area (Å²) in [7, 11) is 0. The summed E-state index contributed by atoms with van der Waals surface area (Å²) in [6, 6.07) is 5.16. The second-order valence-electron chi connectivity index (χ2n) is 4.12. The van der Waals surface area contributed by atoms with Crippen LogP contribution in [-0.4, -0.2) is 24.1 Å². The van der Waals surface area contributed by atoms with Gasteiger partial charge in [0.2, 0.25) is 5.75 Å². The van der Waals surface area contributed by atoms with E-state index in [4.69, 9.17) is 10.00 Å². The third kappa shape index (κ3) is 4.48. The Balaban J connectivity index is 2.62. The Hall–Kier alpha value is -2.20. The molecular weight excluding hydrogens is 265 g/mol. The number of nitro benzene ring substituents is 1. The first-order valence-electron chi connectivity index (χ1n) is 6.28. The molecule has 108 valence electrons. The molecular formula is C13H16FN3O3. The normalized spacial score (nSPS) is 11.7. The van der Waals surface area contributed by atoms with E-state index in [-0.39, 0.29) is 12.4 Å². The van der Waals surface area contributed by atoms with Gasteiger partial charge in [0.15, 0.2) is 5.82 Å². The summed E-state index contributed by atoms with van der Waals surface area (Å²) in [5, 5.41) is 22.6. The van der Waals surface area contributed by atoms with Crippen LogP contribution in [0.4, 0.5) is 10.1 Å². The van der Waals surface area contributed by atoms with Crippen molar-refractivity contribution in [3.8, 4) is 11.8 Å². The van der Waals surface area contributed by atoms with Crippen LogP contribution >= 0.6 is 0 Å². The van der Waals surface area contributed by atoms with Crippen LogP contribution in [0.3, 0.4) is 0 Å². The molecule has 1 N–H and O–H groups in total. The molecule has 0 radical (unpaired) electrons. The molecule has 1 atom stereocenters. The lowest BCUT2D eigenvalue weighted by molar-refractivity contribution is -0.386. The fourth-order valence-corrected chi connectivity index (χ4v) is 1.59. The molecule has 6 nitrogen and oxygen atoms in total. The minimum atomic E-state index is -0.783.